The molecule has 9 nitrogen and oxygen atoms in total. The van der Waals surface area contributed by atoms with Crippen LogP contribution in [0.2, 0.25) is 0 Å². The Morgan fingerprint density at radius 3 is 2.70 bits per heavy atom. The predicted molar refractivity (Wildman–Crippen MR) is 111 cm³/mol. The molecule has 0 radical (unpaired) electrons. The van der Waals surface area contributed by atoms with Gasteiger partial charge in [0, 0.05) is 23.4 Å². The van der Waals surface area contributed by atoms with E-state index in [9.17, 15) is 14.4 Å². The first-order valence-electron chi connectivity index (χ1n) is 9.38. The molecule has 1 aromatic carbocycles. The number of carbonyl (C=O) groups excluding carboxylic acids is 1. The minimum Gasteiger partial charge on any atom is -0.451 e. The number of anilines is 1. The van der Waals surface area contributed by atoms with Gasteiger partial charge in [0.05, 0.1) is 11.1 Å². The number of amides is 1. The summed E-state index contributed by atoms with van der Waals surface area (Å²) >= 11 is 0. The van der Waals surface area contributed by atoms with E-state index in [0.29, 0.717) is 34.3 Å². The molecular weight excluding hydrogens is 386 g/mol. The number of H-pyrrole nitrogens is 1. The first kappa shape index (κ1) is 19.3. The molecule has 3 heterocycles. The lowest BCUT2D eigenvalue weighted by Crippen LogP contribution is -2.22. The van der Waals surface area contributed by atoms with Crippen LogP contribution in [0, 0.1) is 13.8 Å². The van der Waals surface area contributed by atoms with Crippen molar-refractivity contribution in [3.8, 4) is 5.95 Å². The van der Waals surface area contributed by atoms with Crippen molar-refractivity contribution in [2.45, 2.75) is 27.2 Å². The van der Waals surface area contributed by atoms with Gasteiger partial charge in [-0.3, -0.25) is 19.4 Å². The van der Waals surface area contributed by atoms with E-state index in [1.807, 2.05) is 6.92 Å². The molecule has 0 saturated heterocycles. The number of nitrogens with zero attached hydrogens (tertiary/aromatic N) is 3. The molecule has 9 heteroatoms. The molecular formula is C21H19N5O4. The molecule has 1 amide bonds. The Labute approximate surface area is 170 Å². The second kappa shape index (κ2) is 7.43. The number of para-hydroxylation sites is 1. The maximum atomic E-state index is 12.8. The summed E-state index contributed by atoms with van der Waals surface area (Å²) in [4.78, 5) is 44.4. The number of rotatable bonds is 4. The van der Waals surface area contributed by atoms with Crippen LogP contribution in [-0.2, 0) is 6.42 Å². The van der Waals surface area contributed by atoms with Gasteiger partial charge < -0.3 is 9.73 Å². The van der Waals surface area contributed by atoms with Gasteiger partial charge in [-0.1, -0.05) is 19.1 Å². The third-order valence-corrected chi connectivity index (χ3v) is 4.70. The Bertz CT molecular complexity index is 1400. The molecule has 0 aliphatic rings. The number of carbonyl (C=O) groups is 1. The quantitative estimate of drug-likeness (QED) is 0.538. The molecule has 0 unspecified atom stereocenters. The van der Waals surface area contributed by atoms with Crippen LogP contribution in [-0.4, -0.2) is 25.7 Å². The standard InChI is InChI=1S/C21H19N5O4/c1-4-13-12(3)22-21(24-19(13)28)26-18(9-11(2)25-26)23-20(29)17-10-15(27)14-7-5-6-8-16(14)30-17/h5-10H,4H2,1-3H3,(H,23,29)(H,22,24,28). The fraction of sp³-hybridized carbons (Fsp3) is 0.190. The van der Waals surface area contributed by atoms with Crippen LogP contribution in [0.5, 0.6) is 0 Å². The van der Waals surface area contributed by atoms with Crippen LogP contribution in [0.25, 0.3) is 16.9 Å². The molecule has 4 aromatic rings. The van der Waals surface area contributed by atoms with E-state index in [-0.39, 0.29) is 28.5 Å². The minimum atomic E-state index is -0.622. The monoisotopic (exact) mass is 405 g/mol. The van der Waals surface area contributed by atoms with E-state index in [0.717, 1.165) is 6.07 Å². The Kier molecular flexibility index (Phi) is 4.78. The van der Waals surface area contributed by atoms with Gasteiger partial charge in [0.2, 0.25) is 5.95 Å². The fourth-order valence-electron chi connectivity index (χ4n) is 3.26. The van der Waals surface area contributed by atoms with Crippen molar-refractivity contribution in [1.29, 1.82) is 0 Å². The van der Waals surface area contributed by atoms with Gasteiger partial charge in [-0.25, -0.2) is 4.98 Å². The number of aryl methyl sites for hydroxylation is 2. The van der Waals surface area contributed by atoms with Crippen molar-refractivity contribution in [2.24, 2.45) is 0 Å². The first-order chi connectivity index (χ1) is 14.4. The Hall–Kier alpha value is -4.01. The zero-order valence-corrected chi connectivity index (χ0v) is 16.6. The molecule has 0 aliphatic carbocycles. The number of hydrogen-bond donors (Lipinski definition) is 2. The van der Waals surface area contributed by atoms with Gasteiger partial charge in [0.1, 0.15) is 11.4 Å². The van der Waals surface area contributed by atoms with Crippen molar-refractivity contribution in [1.82, 2.24) is 19.7 Å². The summed E-state index contributed by atoms with van der Waals surface area (Å²) in [6.45, 7) is 5.36. The van der Waals surface area contributed by atoms with E-state index in [2.05, 4.69) is 20.4 Å². The largest absolute Gasteiger partial charge is 0.451 e. The van der Waals surface area contributed by atoms with Crippen LogP contribution < -0.4 is 16.3 Å². The molecule has 0 bridgehead atoms. The highest BCUT2D eigenvalue weighted by Gasteiger charge is 2.18. The third kappa shape index (κ3) is 3.41. The van der Waals surface area contributed by atoms with Crippen LogP contribution in [0.1, 0.15) is 34.4 Å². The molecule has 2 N–H and O–H groups in total. The van der Waals surface area contributed by atoms with Gasteiger partial charge in [-0.15, -0.1) is 0 Å². The van der Waals surface area contributed by atoms with E-state index in [4.69, 9.17) is 4.42 Å². The van der Waals surface area contributed by atoms with Gasteiger partial charge in [0.25, 0.3) is 11.5 Å². The molecule has 0 atom stereocenters. The maximum Gasteiger partial charge on any atom is 0.292 e. The van der Waals surface area contributed by atoms with Gasteiger partial charge in [0.15, 0.2) is 11.2 Å². The second-order valence-electron chi connectivity index (χ2n) is 6.81. The van der Waals surface area contributed by atoms with Crippen molar-refractivity contribution in [2.75, 3.05) is 5.32 Å². The Morgan fingerprint density at radius 1 is 1.20 bits per heavy atom. The summed E-state index contributed by atoms with van der Waals surface area (Å²) in [6.07, 6.45) is 0.553. The molecule has 0 fully saturated rings. The lowest BCUT2D eigenvalue weighted by molar-refractivity contribution is 0.0996. The molecule has 3 aromatic heterocycles. The lowest BCUT2D eigenvalue weighted by atomic mass is 10.2. The van der Waals surface area contributed by atoms with Crippen molar-refractivity contribution < 1.29 is 9.21 Å². The number of aromatic amines is 1. The van der Waals surface area contributed by atoms with Crippen LogP contribution in [0.3, 0.4) is 0 Å². The van der Waals surface area contributed by atoms with E-state index in [1.54, 1.807) is 44.2 Å². The lowest BCUT2D eigenvalue weighted by Gasteiger charge is -2.10. The summed E-state index contributed by atoms with van der Waals surface area (Å²) in [6, 6.07) is 9.46. The molecule has 4 rings (SSSR count). The van der Waals surface area contributed by atoms with E-state index < -0.39 is 5.91 Å². The number of hydrogen-bond acceptors (Lipinski definition) is 6. The summed E-state index contributed by atoms with van der Waals surface area (Å²) < 4.78 is 6.92. The Balaban J connectivity index is 1.73. The number of benzene rings is 1. The topological polar surface area (TPSA) is 123 Å². The van der Waals surface area contributed by atoms with Gasteiger partial charge >= 0.3 is 0 Å². The zero-order valence-electron chi connectivity index (χ0n) is 16.6. The molecule has 0 saturated carbocycles. The van der Waals surface area contributed by atoms with Gasteiger partial charge in [-0.05, 0) is 32.4 Å². The highest BCUT2D eigenvalue weighted by atomic mass is 16.3. The highest BCUT2D eigenvalue weighted by molar-refractivity contribution is 6.02. The first-order valence-corrected chi connectivity index (χ1v) is 9.38. The summed E-state index contributed by atoms with van der Waals surface area (Å²) in [5.74, 6) is -0.301. The molecule has 0 aliphatic heterocycles. The van der Waals surface area contributed by atoms with Crippen molar-refractivity contribution in [3.63, 3.8) is 0 Å². The number of fused-ring (bicyclic) bond motifs is 1. The van der Waals surface area contributed by atoms with Crippen LogP contribution in [0.15, 0.2) is 50.4 Å². The molecule has 30 heavy (non-hydrogen) atoms. The minimum absolute atomic E-state index is 0.136. The summed E-state index contributed by atoms with van der Waals surface area (Å²) in [5.41, 5.74) is 1.52. The average Bonchev–Trinajstić information content (AvgIpc) is 3.07. The predicted octanol–water partition coefficient (Wildman–Crippen LogP) is 2.49. The number of nitrogens with one attached hydrogen (secondary N) is 2. The molecule has 0 spiro atoms. The van der Waals surface area contributed by atoms with Crippen molar-refractivity contribution >= 4 is 22.7 Å². The van der Waals surface area contributed by atoms with Crippen LogP contribution >= 0.6 is 0 Å². The summed E-state index contributed by atoms with van der Waals surface area (Å²) in [7, 11) is 0. The summed E-state index contributed by atoms with van der Waals surface area (Å²) in [5, 5.41) is 7.37. The third-order valence-electron chi connectivity index (χ3n) is 4.70. The zero-order chi connectivity index (χ0) is 21.4. The SMILES string of the molecule is CCc1c(C)nc(-n2nc(C)cc2NC(=O)c2cc(=O)c3ccccc3o2)[nH]c1=O. The fourth-order valence-corrected chi connectivity index (χ4v) is 3.26. The second-order valence-corrected chi connectivity index (χ2v) is 6.81. The number of aromatic nitrogens is 4. The smallest absolute Gasteiger partial charge is 0.292 e. The Morgan fingerprint density at radius 2 is 1.97 bits per heavy atom. The normalized spacial score (nSPS) is 11.0. The maximum absolute atomic E-state index is 12.8. The highest BCUT2D eigenvalue weighted by Crippen LogP contribution is 2.17. The van der Waals surface area contributed by atoms with Crippen LogP contribution in [0.4, 0.5) is 5.82 Å². The van der Waals surface area contributed by atoms with Gasteiger partial charge in [-0.2, -0.15) is 9.78 Å². The molecule has 152 valence electrons. The average molecular weight is 405 g/mol. The van der Waals surface area contributed by atoms with E-state index >= 15 is 0 Å². The van der Waals surface area contributed by atoms with Crippen molar-refractivity contribution in [3.05, 3.63) is 79.7 Å². The van der Waals surface area contributed by atoms with E-state index in [1.165, 1.54) is 4.68 Å².